The first kappa shape index (κ1) is 18.8. The fraction of sp³-hybridized carbons (Fsp3) is 0.474. The number of ether oxygens (including phenoxy) is 1. The van der Waals surface area contributed by atoms with Crippen molar-refractivity contribution >= 4 is 33.3 Å². The Morgan fingerprint density at radius 1 is 1.39 bits per heavy atom. The van der Waals surface area contributed by atoms with Crippen molar-refractivity contribution in [3.8, 4) is 10.6 Å². The van der Waals surface area contributed by atoms with E-state index in [1.165, 1.54) is 11.3 Å². The molecule has 28 heavy (non-hydrogen) atoms. The maximum absolute atomic E-state index is 11.7. The van der Waals surface area contributed by atoms with Crippen molar-refractivity contribution in [2.24, 2.45) is 5.73 Å². The van der Waals surface area contributed by atoms with Gasteiger partial charge in [-0.2, -0.15) is 5.10 Å². The van der Waals surface area contributed by atoms with Gasteiger partial charge in [-0.1, -0.05) is 0 Å². The number of carbonyl (C=O) groups excluding carboxylic acids is 1. The molecule has 3 aromatic rings. The molecule has 3 aromatic heterocycles. The highest BCUT2D eigenvalue weighted by Crippen LogP contribution is 2.36. The van der Waals surface area contributed by atoms with Crippen LogP contribution in [0.5, 0.6) is 0 Å². The lowest BCUT2D eigenvalue weighted by molar-refractivity contribution is 0.0990. The van der Waals surface area contributed by atoms with Gasteiger partial charge in [0.05, 0.1) is 16.4 Å². The molecule has 0 unspecified atom stereocenters. The molecule has 0 aromatic carbocycles. The van der Waals surface area contributed by atoms with Crippen LogP contribution in [0.1, 0.15) is 49.8 Å². The van der Waals surface area contributed by atoms with Crippen molar-refractivity contribution in [2.45, 2.75) is 51.3 Å². The Kier molecular flexibility index (Phi) is 5.03. The Morgan fingerprint density at radius 2 is 2.21 bits per heavy atom. The third-order valence-corrected chi connectivity index (χ3v) is 6.11. The lowest BCUT2D eigenvalue weighted by Gasteiger charge is -2.14. The number of aromatic nitrogens is 4. The molecule has 4 rings (SSSR count). The van der Waals surface area contributed by atoms with Crippen LogP contribution in [-0.2, 0) is 4.74 Å². The molecule has 1 fully saturated rings. The minimum Gasteiger partial charge on any atom is -0.381 e. The van der Waals surface area contributed by atoms with Gasteiger partial charge >= 0.3 is 0 Å². The number of nitrogens with zero attached hydrogens (tertiary/aromatic N) is 4. The smallest absolute Gasteiger partial charge is 0.286 e. The van der Waals surface area contributed by atoms with E-state index in [0.717, 1.165) is 40.1 Å². The Morgan fingerprint density at radius 3 is 2.86 bits per heavy atom. The van der Waals surface area contributed by atoms with Crippen molar-refractivity contribution in [3.05, 3.63) is 24.2 Å². The molecular formula is C19H24N6O2S. The van der Waals surface area contributed by atoms with Crippen LogP contribution >= 0.6 is 11.3 Å². The summed E-state index contributed by atoms with van der Waals surface area (Å²) in [5, 5.41) is 8.99. The highest BCUT2D eigenvalue weighted by Gasteiger charge is 2.26. The largest absolute Gasteiger partial charge is 0.381 e. The maximum atomic E-state index is 11.7. The minimum absolute atomic E-state index is 0.0254. The van der Waals surface area contributed by atoms with Crippen molar-refractivity contribution in [1.29, 1.82) is 0 Å². The monoisotopic (exact) mass is 400 g/mol. The van der Waals surface area contributed by atoms with Crippen LogP contribution in [0.4, 0.5) is 5.82 Å². The first-order chi connectivity index (χ1) is 13.4. The molecule has 0 radical (unpaired) electrons. The number of hydrogen-bond donors (Lipinski definition) is 2. The molecule has 0 bridgehead atoms. The fourth-order valence-electron chi connectivity index (χ4n) is 3.50. The van der Waals surface area contributed by atoms with Gasteiger partial charge in [-0.3, -0.25) is 9.48 Å². The standard InChI is InChI=1S/C19H24N6O2S/c1-10(2)25-7-6-14(24-25)15-9-13-17(21-11-4-5-12(8-11)27-3)22-18(16(20)26)23-19(13)28-15/h6-7,9-12H,4-5,8H2,1-3H3,(H2,20,26)(H,21,22,23)/t11-,12+/m1/s1. The van der Waals surface area contributed by atoms with Crippen LogP contribution in [0.15, 0.2) is 18.3 Å². The molecule has 1 aliphatic rings. The normalized spacial score (nSPS) is 19.6. The summed E-state index contributed by atoms with van der Waals surface area (Å²) in [5.41, 5.74) is 6.34. The lowest BCUT2D eigenvalue weighted by Crippen LogP contribution is -2.21. The van der Waals surface area contributed by atoms with Gasteiger partial charge < -0.3 is 15.8 Å². The second-order valence-electron chi connectivity index (χ2n) is 7.38. The molecule has 2 atom stereocenters. The molecule has 0 aliphatic heterocycles. The van der Waals surface area contributed by atoms with Gasteiger partial charge in [-0.25, -0.2) is 9.97 Å². The number of fused-ring (bicyclic) bond motifs is 1. The number of anilines is 1. The highest BCUT2D eigenvalue weighted by molar-refractivity contribution is 7.21. The summed E-state index contributed by atoms with van der Waals surface area (Å²) in [7, 11) is 1.74. The molecule has 3 heterocycles. The number of rotatable bonds is 6. The molecule has 0 spiro atoms. The Balaban J connectivity index is 1.72. The SMILES string of the molecule is CO[C@H]1CC[C@@H](Nc2nc(C(N)=O)nc3sc(-c4ccn(C(C)C)n4)cc23)C1. The molecule has 148 valence electrons. The summed E-state index contributed by atoms with van der Waals surface area (Å²) in [6, 6.07) is 4.55. The average molecular weight is 401 g/mol. The predicted molar refractivity (Wildman–Crippen MR) is 110 cm³/mol. The van der Waals surface area contributed by atoms with Gasteiger partial charge in [-0.05, 0) is 45.2 Å². The van der Waals surface area contributed by atoms with Crippen molar-refractivity contribution in [3.63, 3.8) is 0 Å². The van der Waals surface area contributed by atoms with Gasteiger partial charge in [0.1, 0.15) is 16.3 Å². The van der Waals surface area contributed by atoms with Gasteiger partial charge in [0.25, 0.3) is 5.91 Å². The Labute approximate surface area is 167 Å². The van der Waals surface area contributed by atoms with E-state index >= 15 is 0 Å². The van der Waals surface area contributed by atoms with Gasteiger partial charge in [0, 0.05) is 25.4 Å². The van der Waals surface area contributed by atoms with Crippen LogP contribution in [0.2, 0.25) is 0 Å². The zero-order valence-corrected chi connectivity index (χ0v) is 17.0. The van der Waals surface area contributed by atoms with E-state index in [2.05, 4.69) is 34.2 Å². The van der Waals surface area contributed by atoms with E-state index in [0.29, 0.717) is 5.82 Å². The number of nitrogens with two attached hydrogens (primary N) is 1. The molecule has 8 nitrogen and oxygen atoms in total. The predicted octanol–water partition coefficient (Wildman–Crippen LogP) is 3.21. The van der Waals surface area contributed by atoms with Crippen molar-refractivity contribution in [1.82, 2.24) is 19.7 Å². The number of hydrogen-bond acceptors (Lipinski definition) is 7. The molecular weight excluding hydrogens is 376 g/mol. The Hall–Kier alpha value is -2.52. The number of primary amides is 1. The van der Waals surface area contributed by atoms with Crippen LogP contribution < -0.4 is 11.1 Å². The third kappa shape index (κ3) is 3.59. The van der Waals surface area contributed by atoms with E-state index < -0.39 is 5.91 Å². The Bertz CT molecular complexity index is 1010. The molecule has 9 heteroatoms. The molecule has 1 aliphatic carbocycles. The highest BCUT2D eigenvalue weighted by atomic mass is 32.1. The third-order valence-electron chi connectivity index (χ3n) is 5.06. The van der Waals surface area contributed by atoms with Crippen LogP contribution in [0.25, 0.3) is 20.8 Å². The molecule has 0 saturated heterocycles. The lowest BCUT2D eigenvalue weighted by atomic mass is 10.2. The minimum atomic E-state index is -0.634. The zero-order chi connectivity index (χ0) is 19.8. The van der Waals surface area contributed by atoms with E-state index in [9.17, 15) is 4.79 Å². The van der Waals surface area contributed by atoms with Crippen LogP contribution in [-0.4, -0.2) is 44.9 Å². The van der Waals surface area contributed by atoms with E-state index in [-0.39, 0.29) is 24.0 Å². The summed E-state index contributed by atoms with van der Waals surface area (Å²) in [6.45, 7) is 4.17. The summed E-state index contributed by atoms with van der Waals surface area (Å²) < 4.78 is 7.38. The number of thiophene rings is 1. The molecule has 3 N–H and O–H groups in total. The number of nitrogens with one attached hydrogen (secondary N) is 1. The summed E-state index contributed by atoms with van der Waals surface area (Å²) >= 11 is 1.48. The van der Waals surface area contributed by atoms with Crippen molar-refractivity contribution in [2.75, 3.05) is 12.4 Å². The van der Waals surface area contributed by atoms with Crippen LogP contribution in [0.3, 0.4) is 0 Å². The van der Waals surface area contributed by atoms with Crippen LogP contribution in [0, 0.1) is 0 Å². The average Bonchev–Trinajstić information content (AvgIpc) is 3.39. The second kappa shape index (κ2) is 7.48. The van der Waals surface area contributed by atoms with E-state index in [1.807, 2.05) is 23.0 Å². The van der Waals surface area contributed by atoms with Gasteiger partial charge in [0.15, 0.2) is 0 Å². The zero-order valence-electron chi connectivity index (χ0n) is 16.2. The maximum Gasteiger partial charge on any atom is 0.286 e. The van der Waals surface area contributed by atoms with E-state index in [4.69, 9.17) is 10.5 Å². The number of methoxy groups -OCH3 is 1. The van der Waals surface area contributed by atoms with Gasteiger partial charge in [-0.15, -0.1) is 11.3 Å². The number of amides is 1. The van der Waals surface area contributed by atoms with E-state index in [1.54, 1.807) is 7.11 Å². The topological polar surface area (TPSA) is 108 Å². The molecule has 1 saturated carbocycles. The summed E-state index contributed by atoms with van der Waals surface area (Å²) in [4.78, 5) is 22.2. The summed E-state index contributed by atoms with van der Waals surface area (Å²) in [6.07, 6.45) is 5.12. The quantitative estimate of drug-likeness (QED) is 0.658. The second-order valence-corrected chi connectivity index (χ2v) is 8.41. The molecule has 1 amide bonds. The first-order valence-corrected chi connectivity index (χ1v) is 10.2. The van der Waals surface area contributed by atoms with Crippen molar-refractivity contribution < 1.29 is 9.53 Å². The summed E-state index contributed by atoms with van der Waals surface area (Å²) in [5.74, 6) is 0.0360. The van der Waals surface area contributed by atoms with Gasteiger partial charge in [0.2, 0.25) is 5.82 Å². The fourth-order valence-corrected chi connectivity index (χ4v) is 4.50. The number of carbonyl (C=O) groups is 1. The first-order valence-electron chi connectivity index (χ1n) is 9.41.